The summed E-state index contributed by atoms with van der Waals surface area (Å²) in [6, 6.07) is 1.06. The standard InChI is InChI=1S/C14H24N2O2/c1-15-7-2-4-12(15)13-5-3-8-16(13)14(17)11-6-9-18-10-11/h11-13H,2-10H2,1H3/t11-,12+,13+/m0/s1. The van der Waals surface area contributed by atoms with Crippen molar-refractivity contribution in [2.24, 2.45) is 5.92 Å². The SMILES string of the molecule is CN1CCC[C@@H]1[C@H]1CCCN1C(=O)[C@H]1CCOC1. The van der Waals surface area contributed by atoms with Crippen molar-refractivity contribution in [3.05, 3.63) is 0 Å². The molecule has 0 aromatic heterocycles. The maximum Gasteiger partial charge on any atom is 0.228 e. The Bertz CT molecular complexity index is 315. The summed E-state index contributed by atoms with van der Waals surface area (Å²) in [6.07, 6.45) is 5.82. The average Bonchev–Trinajstić information content (AvgIpc) is 3.09. The minimum Gasteiger partial charge on any atom is -0.381 e. The molecule has 3 saturated heterocycles. The molecule has 18 heavy (non-hydrogen) atoms. The Kier molecular flexibility index (Phi) is 3.57. The van der Waals surface area contributed by atoms with Crippen molar-refractivity contribution < 1.29 is 9.53 Å². The summed E-state index contributed by atoms with van der Waals surface area (Å²) in [6.45, 7) is 3.56. The third-order valence-electron chi connectivity index (χ3n) is 4.88. The monoisotopic (exact) mass is 252 g/mol. The molecule has 0 N–H and O–H groups in total. The van der Waals surface area contributed by atoms with Crippen molar-refractivity contribution in [1.29, 1.82) is 0 Å². The third-order valence-corrected chi connectivity index (χ3v) is 4.88. The number of likely N-dealkylation sites (tertiary alicyclic amines) is 2. The second kappa shape index (κ2) is 5.17. The lowest BCUT2D eigenvalue weighted by Crippen LogP contribution is -2.49. The van der Waals surface area contributed by atoms with Crippen LogP contribution in [0.5, 0.6) is 0 Å². The lowest BCUT2D eigenvalue weighted by atomic mass is 10.0. The number of nitrogens with zero attached hydrogens (tertiary/aromatic N) is 2. The van der Waals surface area contributed by atoms with Gasteiger partial charge < -0.3 is 14.5 Å². The Labute approximate surface area is 109 Å². The number of ether oxygens (including phenoxy) is 1. The maximum absolute atomic E-state index is 12.5. The number of hydrogen-bond acceptors (Lipinski definition) is 3. The zero-order valence-electron chi connectivity index (χ0n) is 11.3. The molecular formula is C14H24N2O2. The zero-order chi connectivity index (χ0) is 12.5. The predicted octanol–water partition coefficient (Wildman–Crippen LogP) is 1.11. The van der Waals surface area contributed by atoms with Gasteiger partial charge in [0.1, 0.15) is 0 Å². The fraction of sp³-hybridized carbons (Fsp3) is 0.929. The molecule has 3 heterocycles. The van der Waals surface area contributed by atoms with Crippen LogP contribution in [0.25, 0.3) is 0 Å². The van der Waals surface area contributed by atoms with E-state index in [2.05, 4.69) is 16.8 Å². The van der Waals surface area contributed by atoms with Gasteiger partial charge in [-0.15, -0.1) is 0 Å². The molecule has 102 valence electrons. The van der Waals surface area contributed by atoms with Gasteiger partial charge in [-0.25, -0.2) is 0 Å². The molecule has 0 radical (unpaired) electrons. The van der Waals surface area contributed by atoms with E-state index in [1.54, 1.807) is 0 Å². The van der Waals surface area contributed by atoms with Gasteiger partial charge in [0, 0.05) is 25.2 Å². The molecule has 0 aromatic rings. The van der Waals surface area contributed by atoms with Crippen molar-refractivity contribution in [2.45, 2.75) is 44.2 Å². The lowest BCUT2D eigenvalue weighted by Gasteiger charge is -2.34. The van der Waals surface area contributed by atoms with E-state index in [1.165, 1.54) is 32.2 Å². The molecule has 0 unspecified atom stereocenters. The van der Waals surface area contributed by atoms with Gasteiger partial charge in [-0.2, -0.15) is 0 Å². The first-order valence-electron chi connectivity index (χ1n) is 7.36. The molecule has 1 amide bonds. The van der Waals surface area contributed by atoms with Gasteiger partial charge in [-0.1, -0.05) is 0 Å². The largest absolute Gasteiger partial charge is 0.381 e. The summed E-state index contributed by atoms with van der Waals surface area (Å²) < 4.78 is 5.36. The highest BCUT2D eigenvalue weighted by Crippen LogP contribution is 2.31. The van der Waals surface area contributed by atoms with E-state index >= 15 is 0 Å². The van der Waals surface area contributed by atoms with E-state index in [1.807, 2.05) is 0 Å². The molecular weight excluding hydrogens is 228 g/mol. The Morgan fingerprint density at radius 1 is 1.11 bits per heavy atom. The normalized spacial score (nSPS) is 37.6. The Hall–Kier alpha value is -0.610. The zero-order valence-corrected chi connectivity index (χ0v) is 11.3. The number of amides is 1. The van der Waals surface area contributed by atoms with Gasteiger partial charge in [0.05, 0.1) is 12.5 Å². The van der Waals surface area contributed by atoms with Crippen molar-refractivity contribution in [3.63, 3.8) is 0 Å². The first-order valence-corrected chi connectivity index (χ1v) is 7.36. The smallest absolute Gasteiger partial charge is 0.228 e. The molecule has 3 atom stereocenters. The molecule has 3 fully saturated rings. The van der Waals surface area contributed by atoms with Crippen LogP contribution >= 0.6 is 0 Å². The lowest BCUT2D eigenvalue weighted by molar-refractivity contribution is -0.137. The Morgan fingerprint density at radius 2 is 1.89 bits per heavy atom. The average molecular weight is 252 g/mol. The number of rotatable bonds is 2. The fourth-order valence-corrected chi connectivity index (χ4v) is 3.85. The van der Waals surface area contributed by atoms with Crippen molar-refractivity contribution in [3.8, 4) is 0 Å². The maximum atomic E-state index is 12.5. The van der Waals surface area contributed by atoms with Crippen LogP contribution < -0.4 is 0 Å². The topological polar surface area (TPSA) is 32.8 Å². The van der Waals surface area contributed by atoms with E-state index in [0.29, 0.717) is 24.6 Å². The molecule has 4 heteroatoms. The summed E-state index contributed by atoms with van der Waals surface area (Å²) >= 11 is 0. The molecule has 0 bridgehead atoms. The van der Waals surface area contributed by atoms with Crippen LogP contribution in [-0.4, -0.2) is 61.1 Å². The summed E-state index contributed by atoms with van der Waals surface area (Å²) in [7, 11) is 2.21. The van der Waals surface area contributed by atoms with E-state index in [4.69, 9.17) is 4.74 Å². The molecule has 4 nitrogen and oxygen atoms in total. The van der Waals surface area contributed by atoms with E-state index in [9.17, 15) is 4.79 Å². The molecule has 3 aliphatic heterocycles. The first kappa shape index (κ1) is 12.4. The predicted molar refractivity (Wildman–Crippen MR) is 69.3 cm³/mol. The number of carbonyl (C=O) groups excluding carboxylic acids is 1. The second-order valence-electron chi connectivity index (χ2n) is 5.99. The summed E-state index contributed by atoms with van der Waals surface area (Å²) in [4.78, 5) is 17.2. The van der Waals surface area contributed by atoms with E-state index in [-0.39, 0.29) is 5.92 Å². The number of hydrogen-bond donors (Lipinski definition) is 0. The van der Waals surface area contributed by atoms with E-state index in [0.717, 1.165) is 19.6 Å². The number of likely N-dealkylation sites (N-methyl/N-ethyl adjacent to an activating group) is 1. The Morgan fingerprint density at radius 3 is 2.56 bits per heavy atom. The van der Waals surface area contributed by atoms with E-state index < -0.39 is 0 Å². The molecule has 0 aromatic carbocycles. The van der Waals surface area contributed by atoms with Crippen molar-refractivity contribution in [2.75, 3.05) is 33.4 Å². The van der Waals surface area contributed by atoms with Crippen LogP contribution in [0, 0.1) is 5.92 Å². The summed E-state index contributed by atoms with van der Waals surface area (Å²) in [5.74, 6) is 0.493. The quantitative estimate of drug-likeness (QED) is 0.738. The van der Waals surface area contributed by atoms with Crippen LogP contribution in [0.1, 0.15) is 32.1 Å². The molecule has 0 aliphatic carbocycles. The third kappa shape index (κ3) is 2.16. The fourth-order valence-electron chi connectivity index (χ4n) is 3.85. The summed E-state index contributed by atoms with van der Waals surface area (Å²) in [5.41, 5.74) is 0. The van der Waals surface area contributed by atoms with Crippen molar-refractivity contribution in [1.82, 2.24) is 9.80 Å². The minimum absolute atomic E-state index is 0.136. The molecule has 3 aliphatic rings. The van der Waals surface area contributed by atoms with Crippen LogP contribution in [0.15, 0.2) is 0 Å². The van der Waals surface area contributed by atoms with Crippen LogP contribution in [0.4, 0.5) is 0 Å². The Balaban J connectivity index is 1.68. The highest BCUT2D eigenvalue weighted by Gasteiger charge is 2.40. The van der Waals surface area contributed by atoms with Gasteiger partial charge in [0.15, 0.2) is 0 Å². The molecule has 0 saturated carbocycles. The highest BCUT2D eigenvalue weighted by molar-refractivity contribution is 5.80. The van der Waals surface area contributed by atoms with Crippen LogP contribution in [0.3, 0.4) is 0 Å². The van der Waals surface area contributed by atoms with Crippen LogP contribution in [-0.2, 0) is 9.53 Å². The first-order chi connectivity index (χ1) is 8.77. The number of carbonyl (C=O) groups is 1. The molecule has 0 spiro atoms. The van der Waals surface area contributed by atoms with Crippen molar-refractivity contribution >= 4 is 5.91 Å². The van der Waals surface area contributed by atoms with Gasteiger partial charge in [-0.05, 0) is 45.7 Å². The molecule has 3 rings (SSSR count). The second-order valence-corrected chi connectivity index (χ2v) is 5.99. The van der Waals surface area contributed by atoms with Gasteiger partial charge in [0.2, 0.25) is 5.91 Å². The van der Waals surface area contributed by atoms with Gasteiger partial charge in [-0.3, -0.25) is 4.79 Å². The minimum atomic E-state index is 0.136. The van der Waals surface area contributed by atoms with Gasteiger partial charge >= 0.3 is 0 Å². The highest BCUT2D eigenvalue weighted by atomic mass is 16.5. The van der Waals surface area contributed by atoms with Gasteiger partial charge in [0.25, 0.3) is 0 Å². The summed E-state index contributed by atoms with van der Waals surface area (Å²) in [5, 5.41) is 0. The van der Waals surface area contributed by atoms with Crippen LogP contribution in [0.2, 0.25) is 0 Å².